The van der Waals surface area contributed by atoms with Gasteiger partial charge in [0.25, 0.3) is 0 Å². The maximum absolute atomic E-state index is 10.5. The van der Waals surface area contributed by atoms with E-state index < -0.39 is 5.60 Å². The first-order valence-corrected chi connectivity index (χ1v) is 10.0. The summed E-state index contributed by atoms with van der Waals surface area (Å²) in [4.78, 5) is 2.30. The Morgan fingerprint density at radius 1 is 1.17 bits per heavy atom. The van der Waals surface area contributed by atoms with Crippen LogP contribution in [0.2, 0.25) is 0 Å². The van der Waals surface area contributed by atoms with Gasteiger partial charge in [0.15, 0.2) is 0 Å². The van der Waals surface area contributed by atoms with E-state index in [1.165, 1.54) is 25.7 Å². The van der Waals surface area contributed by atoms with Crippen molar-refractivity contribution in [2.45, 2.75) is 90.9 Å². The number of fused-ring (bicyclic) bond motifs is 1. The van der Waals surface area contributed by atoms with E-state index in [9.17, 15) is 10.2 Å². The Labute approximate surface area is 149 Å². The zero-order chi connectivity index (χ0) is 18.3. The van der Waals surface area contributed by atoms with Crippen LogP contribution in [-0.4, -0.2) is 47.0 Å². The summed E-state index contributed by atoms with van der Waals surface area (Å²) in [5, 5.41) is 21.0. The van der Waals surface area contributed by atoms with Crippen LogP contribution in [0.3, 0.4) is 0 Å². The molecule has 0 spiro atoms. The van der Waals surface area contributed by atoms with E-state index in [1.807, 2.05) is 13.8 Å². The summed E-state index contributed by atoms with van der Waals surface area (Å²) in [6.45, 7) is 10.9. The fourth-order valence-corrected chi connectivity index (χ4v) is 6.00. The van der Waals surface area contributed by atoms with Crippen LogP contribution in [0.1, 0.15) is 73.1 Å². The van der Waals surface area contributed by atoms with E-state index in [1.54, 1.807) is 0 Å². The molecule has 2 rings (SSSR count). The molecule has 0 heterocycles. The predicted molar refractivity (Wildman–Crippen MR) is 101 cm³/mol. The van der Waals surface area contributed by atoms with Gasteiger partial charge in [-0.25, -0.2) is 0 Å². The molecule has 0 saturated heterocycles. The van der Waals surface area contributed by atoms with Gasteiger partial charge in [0.2, 0.25) is 0 Å². The van der Waals surface area contributed by atoms with Gasteiger partial charge in [0, 0.05) is 6.04 Å². The lowest BCUT2D eigenvalue weighted by atomic mass is 9.61. The largest absolute Gasteiger partial charge is 0.393 e. The Balaban J connectivity index is 2.11. The molecule has 0 amide bonds. The molecule has 0 aromatic rings. The summed E-state index contributed by atoms with van der Waals surface area (Å²) in [5.74, 6) is 2.07. The molecule has 7 atom stereocenters. The number of hydrogen-bond acceptors (Lipinski definition) is 3. The fraction of sp³-hybridized carbons (Fsp3) is 1.00. The number of nitrogens with zero attached hydrogens (tertiary/aromatic N) is 1. The molecule has 2 N–H and O–H groups in total. The van der Waals surface area contributed by atoms with Gasteiger partial charge in [-0.15, -0.1) is 0 Å². The normalized spacial score (nSPS) is 38.0. The van der Waals surface area contributed by atoms with E-state index in [4.69, 9.17) is 0 Å². The molecule has 1 unspecified atom stereocenters. The van der Waals surface area contributed by atoms with E-state index in [-0.39, 0.29) is 12.0 Å². The summed E-state index contributed by atoms with van der Waals surface area (Å²) in [7, 11) is 4.28. The van der Waals surface area contributed by atoms with Crippen LogP contribution >= 0.6 is 0 Å². The van der Waals surface area contributed by atoms with Crippen molar-refractivity contribution in [1.29, 1.82) is 0 Å². The van der Waals surface area contributed by atoms with E-state index in [0.29, 0.717) is 29.2 Å². The van der Waals surface area contributed by atoms with Gasteiger partial charge in [-0.2, -0.15) is 0 Å². The van der Waals surface area contributed by atoms with Gasteiger partial charge in [0.1, 0.15) is 0 Å². The van der Waals surface area contributed by atoms with Crippen molar-refractivity contribution in [3.63, 3.8) is 0 Å². The maximum Gasteiger partial charge on any atom is 0.0632 e. The summed E-state index contributed by atoms with van der Waals surface area (Å²) < 4.78 is 0. The average Bonchev–Trinajstić information content (AvgIpc) is 2.81. The minimum absolute atomic E-state index is 0.0825. The van der Waals surface area contributed by atoms with Crippen molar-refractivity contribution in [3.8, 4) is 0 Å². The smallest absolute Gasteiger partial charge is 0.0632 e. The van der Waals surface area contributed by atoms with Gasteiger partial charge in [0.05, 0.1) is 11.7 Å². The lowest BCUT2D eigenvalue weighted by Gasteiger charge is -2.46. The lowest BCUT2D eigenvalue weighted by molar-refractivity contribution is -0.0400. The molecular formula is C21H41NO2. The molecule has 3 heteroatoms. The van der Waals surface area contributed by atoms with Crippen LogP contribution in [0.4, 0.5) is 0 Å². The third kappa shape index (κ3) is 3.83. The Kier molecular flexibility index (Phi) is 6.10. The molecule has 142 valence electrons. The van der Waals surface area contributed by atoms with Gasteiger partial charge in [-0.3, -0.25) is 0 Å². The van der Waals surface area contributed by atoms with Crippen molar-refractivity contribution in [3.05, 3.63) is 0 Å². The van der Waals surface area contributed by atoms with Gasteiger partial charge in [-0.05, 0) is 89.1 Å². The monoisotopic (exact) mass is 339 g/mol. The van der Waals surface area contributed by atoms with Gasteiger partial charge in [-0.1, -0.05) is 27.2 Å². The SMILES string of the molecule is C[C@H](C[C@@H]([C@H](C)C(C)(C)O)N(C)C)[C@H]1CCC2[C@@H](O)CCC[C@@]21C. The highest BCUT2D eigenvalue weighted by atomic mass is 16.3. The van der Waals surface area contributed by atoms with Crippen LogP contribution in [0.25, 0.3) is 0 Å². The van der Waals surface area contributed by atoms with Crippen LogP contribution in [-0.2, 0) is 0 Å². The number of aliphatic hydroxyl groups is 2. The zero-order valence-electron chi connectivity index (χ0n) is 17.0. The topological polar surface area (TPSA) is 43.7 Å². The third-order valence-electron chi connectivity index (χ3n) is 7.82. The van der Waals surface area contributed by atoms with Gasteiger partial charge < -0.3 is 15.1 Å². The molecule has 0 bridgehead atoms. The predicted octanol–water partition coefficient (Wildman–Crippen LogP) is 3.93. The van der Waals surface area contributed by atoms with Crippen LogP contribution in [0.15, 0.2) is 0 Å². The fourth-order valence-electron chi connectivity index (χ4n) is 6.00. The highest BCUT2D eigenvalue weighted by Crippen LogP contribution is 2.58. The Morgan fingerprint density at radius 3 is 2.33 bits per heavy atom. The van der Waals surface area contributed by atoms with Crippen molar-refractivity contribution in [1.82, 2.24) is 4.90 Å². The maximum atomic E-state index is 10.5. The molecule has 0 radical (unpaired) electrons. The van der Waals surface area contributed by atoms with Crippen LogP contribution in [0.5, 0.6) is 0 Å². The Morgan fingerprint density at radius 2 is 1.79 bits per heavy atom. The molecule has 0 aromatic heterocycles. The molecule has 2 aliphatic carbocycles. The van der Waals surface area contributed by atoms with Crippen molar-refractivity contribution < 1.29 is 10.2 Å². The minimum atomic E-state index is -0.655. The molecule has 2 fully saturated rings. The number of hydrogen-bond donors (Lipinski definition) is 2. The third-order valence-corrected chi connectivity index (χ3v) is 7.82. The molecule has 0 aromatic carbocycles. The van der Waals surface area contributed by atoms with E-state index in [2.05, 4.69) is 39.8 Å². The van der Waals surface area contributed by atoms with Crippen LogP contribution in [0, 0.1) is 29.1 Å². The van der Waals surface area contributed by atoms with E-state index >= 15 is 0 Å². The number of aliphatic hydroxyl groups excluding tert-OH is 1. The molecule has 2 aliphatic rings. The molecule has 2 saturated carbocycles. The van der Waals surface area contributed by atoms with Gasteiger partial charge >= 0.3 is 0 Å². The summed E-state index contributed by atoms with van der Waals surface area (Å²) >= 11 is 0. The second-order valence-corrected chi connectivity index (χ2v) is 9.94. The first kappa shape index (κ1) is 20.2. The van der Waals surface area contributed by atoms with Crippen molar-refractivity contribution in [2.75, 3.05) is 14.1 Å². The lowest BCUT2D eigenvalue weighted by Crippen LogP contribution is -2.47. The Bertz CT molecular complexity index is 417. The van der Waals surface area contributed by atoms with Crippen molar-refractivity contribution in [2.24, 2.45) is 29.1 Å². The summed E-state index contributed by atoms with van der Waals surface area (Å²) in [5.41, 5.74) is -0.344. The zero-order valence-corrected chi connectivity index (χ0v) is 17.0. The van der Waals surface area contributed by atoms with E-state index in [0.717, 1.165) is 12.8 Å². The average molecular weight is 340 g/mol. The summed E-state index contributed by atoms with van der Waals surface area (Å²) in [6.07, 6.45) is 6.95. The molecular weight excluding hydrogens is 298 g/mol. The minimum Gasteiger partial charge on any atom is -0.393 e. The molecule has 3 nitrogen and oxygen atoms in total. The highest BCUT2D eigenvalue weighted by Gasteiger charge is 2.52. The first-order valence-electron chi connectivity index (χ1n) is 10.0. The first-order chi connectivity index (χ1) is 11.0. The van der Waals surface area contributed by atoms with Crippen molar-refractivity contribution >= 4 is 0 Å². The second-order valence-electron chi connectivity index (χ2n) is 9.94. The molecule has 24 heavy (non-hydrogen) atoms. The summed E-state index contributed by atoms with van der Waals surface area (Å²) in [6, 6.07) is 0.385. The standard InChI is InChI=1S/C21H41NO2/c1-14(13-18(22(6)7)15(2)20(3,4)24)16-10-11-17-19(23)9-8-12-21(16,17)5/h14-19,23-24H,8-13H2,1-7H3/t14-,15+,16-,17?,18+,19+,21-/m1/s1. The number of rotatable bonds is 6. The molecule has 0 aliphatic heterocycles. The second kappa shape index (κ2) is 7.25. The quantitative estimate of drug-likeness (QED) is 0.770. The Hall–Kier alpha value is -0.120. The highest BCUT2D eigenvalue weighted by molar-refractivity contribution is 5.02. The van der Waals surface area contributed by atoms with Crippen LogP contribution < -0.4 is 0 Å².